The number of anilines is 1. The van der Waals surface area contributed by atoms with Crippen LogP contribution in [0.25, 0.3) is 0 Å². The number of carbonyl (C=O) groups excluding carboxylic acids is 1. The molecule has 1 saturated heterocycles. The zero-order valence-electron chi connectivity index (χ0n) is 20.2. The van der Waals surface area contributed by atoms with Gasteiger partial charge in [0.2, 0.25) is 5.91 Å². The number of aliphatic hydroxyl groups excluding tert-OH is 1. The number of fused-ring (bicyclic) bond motifs is 2. The maximum absolute atomic E-state index is 13.8. The number of hydrogen-bond acceptors (Lipinski definition) is 7. The Hall–Kier alpha value is -2.41. The number of aliphatic hydroxyl groups is 1. The highest BCUT2D eigenvalue weighted by Gasteiger charge is 2.49. The fourth-order valence-electron chi connectivity index (χ4n) is 4.86. The number of piperidine rings is 1. The highest BCUT2D eigenvalue weighted by molar-refractivity contribution is 7.91. The predicted octanol–water partition coefficient (Wildman–Crippen LogP) is 3.37. The fourth-order valence-corrected chi connectivity index (χ4v) is 5.78. The van der Waals surface area contributed by atoms with Gasteiger partial charge in [0.05, 0.1) is 29.5 Å². The Morgan fingerprint density at radius 1 is 1.24 bits per heavy atom. The molecule has 2 aliphatic rings. The van der Waals surface area contributed by atoms with Crippen molar-refractivity contribution in [1.29, 1.82) is 0 Å². The van der Waals surface area contributed by atoms with Crippen LogP contribution in [0.2, 0.25) is 5.02 Å². The van der Waals surface area contributed by atoms with Crippen LogP contribution >= 0.6 is 11.6 Å². The van der Waals surface area contributed by atoms with Gasteiger partial charge in [0.15, 0.2) is 9.84 Å². The molecule has 1 aromatic heterocycles. The van der Waals surface area contributed by atoms with Gasteiger partial charge in [-0.2, -0.15) is 13.2 Å². The number of sulfone groups is 1. The van der Waals surface area contributed by atoms with Gasteiger partial charge in [0.25, 0.3) is 0 Å². The Labute approximate surface area is 217 Å². The van der Waals surface area contributed by atoms with E-state index < -0.39 is 44.0 Å². The van der Waals surface area contributed by atoms with Crippen molar-refractivity contribution in [3.05, 3.63) is 52.3 Å². The van der Waals surface area contributed by atoms with Crippen LogP contribution in [-0.2, 0) is 31.0 Å². The standard InChI is InChI=1S/C24H27ClF3N3O5S/c1-22(14-32,37(2,34)35)20-18(24(26,27)28)12-16(13-29-20)36-10-9-31-7-5-23(6-8-31)17-11-15(25)3-4-19(17)30-21(23)33/h3-4,11-13,32H,5-10,14H2,1-2H3,(H,30,33). The lowest BCUT2D eigenvalue weighted by Crippen LogP contribution is -2.47. The van der Waals surface area contributed by atoms with E-state index in [-0.39, 0.29) is 18.3 Å². The number of rotatable bonds is 7. The number of benzene rings is 1. The van der Waals surface area contributed by atoms with Crippen molar-refractivity contribution in [2.75, 3.05) is 44.4 Å². The van der Waals surface area contributed by atoms with Gasteiger partial charge < -0.3 is 15.2 Å². The Morgan fingerprint density at radius 3 is 2.51 bits per heavy atom. The number of nitrogens with one attached hydrogen (secondary N) is 1. The summed E-state index contributed by atoms with van der Waals surface area (Å²) in [6.45, 7) is 1.56. The van der Waals surface area contributed by atoms with Crippen LogP contribution < -0.4 is 10.1 Å². The molecule has 0 aliphatic carbocycles. The molecule has 8 nitrogen and oxygen atoms in total. The third kappa shape index (κ3) is 5.04. The molecule has 13 heteroatoms. The lowest BCUT2D eigenvalue weighted by atomic mass is 9.73. The first kappa shape index (κ1) is 27.6. The topological polar surface area (TPSA) is 109 Å². The van der Waals surface area contributed by atoms with Gasteiger partial charge in [-0.15, -0.1) is 0 Å². The first-order chi connectivity index (χ1) is 17.2. The number of carbonyl (C=O) groups is 1. The number of alkyl halides is 3. The van der Waals surface area contributed by atoms with Crippen molar-refractivity contribution >= 4 is 33.0 Å². The quantitative estimate of drug-likeness (QED) is 0.533. The Kier molecular flexibility index (Phi) is 7.25. The number of amides is 1. The minimum Gasteiger partial charge on any atom is -0.491 e. The van der Waals surface area contributed by atoms with Gasteiger partial charge in [-0.1, -0.05) is 11.6 Å². The SMILES string of the molecule is CC(CO)(c1ncc(OCCN2CCC3(CC2)C(=O)Nc2ccc(Cl)cc23)cc1C(F)(F)F)S(C)(=O)=O. The van der Waals surface area contributed by atoms with Crippen molar-refractivity contribution in [3.63, 3.8) is 0 Å². The number of likely N-dealkylation sites (tertiary alicyclic amines) is 1. The van der Waals surface area contributed by atoms with Crippen molar-refractivity contribution in [2.45, 2.75) is 36.1 Å². The Balaban J connectivity index is 1.42. The molecule has 0 radical (unpaired) electrons. The zero-order valence-corrected chi connectivity index (χ0v) is 21.8. The van der Waals surface area contributed by atoms with E-state index in [0.29, 0.717) is 43.6 Å². The molecule has 1 unspecified atom stereocenters. The summed E-state index contributed by atoms with van der Waals surface area (Å²) in [5.41, 5.74) is -1.07. The molecule has 2 aromatic rings. The van der Waals surface area contributed by atoms with Crippen LogP contribution in [0.4, 0.5) is 18.9 Å². The highest BCUT2D eigenvalue weighted by Crippen LogP contribution is 2.46. The summed E-state index contributed by atoms with van der Waals surface area (Å²) in [7, 11) is -4.13. The summed E-state index contributed by atoms with van der Waals surface area (Å²) in [5.74, 6) is -0.229. The van der Waals surface area contributed by atoms with Gasteiger partial charge in [-0.05, 0) is 62.7 Å². The lowest BCUT2D eigenvalue weighted by molar-refractivity contribution is -0.139. The second-order valence-corrected chi connectivity index (χ2v) is 12.5. The van der Waals surface area contributed by atoms with E-state index in [9.17, 15) is 31.5 Å². The average Bonchev–Trinajstić information content (AvgIpc) is 3.09. The molecule has 1 spiro atoms. The minimum absolute atomic E-state index is 0.0588. The van der Waals surface area contributed by atoms with Gasteiger partial charge in [0.1, 0.15) is 17.1 Å². The predicted molar refractivity (Wildman–Crippen MR) is 131 cm³/mol. The number of nitrogens with zero attached hydrogens (tertiary/aromatic N) is 2. The van der Waals surface area contributed by atoms with E-state index in [4.69, 9.17) is 16.3 Å². The third-order valence-corrected chi connectivity index (χ3v) is 9.55. The maximum atomic E-state index is 13.8. The summed E-state index contributed by atoms with van der Waals surface area (Å²) < 4.78 is 69.0. The zero-order chi connectivity index (χ0) is 27.2. The van der Waals surface area contributed by atoms with E-state index in [1.165, 1.54) is 0 Å². The van der Waals surface area contributed by atoms with Crippen LogP contribution in [0.1, 0.15) is 36.6 Å². The Morgan fingerprint density at radius 2 is 1.92 bits per heavy atom. The molecule has 3 heterocycles. The number of hydrogen-bond donors (Lipinski definition) is 2. The van der Waals surface area contributed by atoms with Gasteiger partial charge >= 0.3 is 6.18 Å². The number of halogens is 4. The van der Waals surface area contributed by atoms with Crippen LogP contribution in [-0.4, -0.2) is 68.4 Å². The molecule has 37 heavy (non-hydrogen) atoms. The normalized spacial score (nSPS) is 19.4. The smallest absolute Gasteiger partial charge is 0.418 e. The highest BCUT2D eigenvalue weighted by atomic mass is 35.5. The number of ether oxygens (including phenoxy) is 1. The summed E-state index contributed by atoms with van der Waals surface area (Å²) in [4.78, 5) is 18.6. The van der Waals surface area contributed by atoms with Crippen molar-refractivity contribution in [2.24, 2.45) is 0 Å². The van der Waals surface area contributed by atoms with E-state index in [0.717, 1.165) is 30.6 Å². The van der Waals surface area contributed by atoms with Crippen molar-refractivity contribution < 1.29 is 36.2 Å². The molecule has 1 atom stereocenters. The van der Waals surface area contributed by atoms with Crippen molar-refractivity contribution in [1.82, 2.24) is 9.88 Å². The Bertz CT molecular complexity index is 1310. The summed E-state index contributed by atoms with van der Waals surface area (Å²) in [6, 6.07) is 6.03. The van der Waals surface area contributed by atoms with Gasteiger partial charge in [0, 0.05) is 23.5 Å². The first-order valence-corrected chi connectivity index (χ1v) is 13.8. The minimum atomic E-state index is -4.91. The number of pyridine rings is 1. The molecular weight excluding hydrogens is 535 g/mol. The van der Waals surface area contributed by atoms with E-state index in [2.05, 4.69) is 15.2 Å². The van der Waals surface area contributed by atoms with E-state index in [1.54, 1.807) is 12.1 Å². The fraction of sp³-hybridized carbons (Fsp3) is 0.500. The summed E-state index contributed by atoms with van der Waals surface area (Å²) in [6.07, 6.45) is -2.01. The third-order valence-electron chi connectivity index (χ3n) is 7.35. The second kappa shape index (κ2) is 9.72. The van der Waals surface area contributed by atoms with Crippen LogP contribution in [0.5, 0.6) is 5.75 Å². The van der Waals surface area contributed by atoms with Crippen LogP contribution in [0, 0.1) is 0 Å². The van der Waals surface area contributed by atoms with E-state index >= 15 is 0 Å². The summed E-state index contributed by atoms with van der Waals surface area (Å²) >= 11 is 6.15. The molecule has 2 aliphatic heterocycles. The lowest BCUT2D eigenvalue weighted by Gasteiger charge is -2.38. The van der Waals surface area contributed by atoms with E-state index in [1.807, 2.05) is 6.07 Å². The monoisotopic (exact) mass is 561 g/mol. The molecule has 202 valence electrons. The molecule has 1 fully saturated rings. The molecule has 1 amide bonds. The maximum Gasteiger partial charge on any atom is 0.418 e. The van der Waals surface area contributed by atoms with Crippen LogP contribution in [0.3, 0.4) is 0 Å². The van der Waals surface area contributed by atoms with Crippen LogP contribution in [0.15, 0.2) is 30.5 Å². The molecular formula is C24H27ClF3N3O5S. The first-order valence-electron chi connectivity index (χ1n) is 11.6. The van der Waals surface area contributed by atoms with Gasteiger partial charge in [-0.25, -0.2) is 8.42 Å². The van der Waals surface area contributed by atoms with Crippen molar-refractivity contribution in [3.8, 4) is 5.75 Å². The average molecular weight is 562 g/mol. The number of aromatic nitrogens is 1. The summed E-state index contributed by atoms with van der Waals surface area (Å²) in [5, 5.41) is 13.1. The molecule has 4 rings (SSSR count). The molecule has 2 N–H and O–H groups in total. The van der Waals surface area contributed by atoms with Gasteiger partial charge in [-0.3, -0.25) is 14.7 Å². The molecule has 0 saturated carbocycles. The second-order valence-electron chi connectivity index (χ2n) is 9.64. The molecule has 1 aromatic carbocycles. The molecule has 0 bridgehead atoms. The largest absolute Gasteiger partial charge is 0.491 e.